The Bertz CT molecular complexity index is 314. The summed E-state index contributed by atoms with van der Waals surface area (Å²) in [6.07, 6.45) is 1.01. The van der Waals surface area contributed by atoms with Gasteiger partial charge >= 0.3 is 6.09 Å². The Morgan fingerprint density at radius 2 is 2.23 bits per heavy atom. The van der Waals surface area contributed by atoms with E-state index in [0.717, 1.165) is 4.90 Å². The summed E-state index contributed by atoms with van der Waals surface area (Å²) in [5.41, 5.74) is 0.694. The van der Waals surface area contributed by atoms with E-state index in [1.807, 2.05) is 24.5 Å². The highest BCUT2D eigenvalue weighted by atomic mass is 32.2. The molecule has 0 aliphatic heterocycles. The molecule has 70 valence electrons. The van der Waals surface area contributed by atoms with E-state index in [2.05, 4.69) is 0 Å². The molecule has 1 rings (SSSR count). The summed E-state index contributed by atoms with van der Waals surface area (Å²) < 4.78 is 0. The standard InChI is InChI=1S/C9H11NO2S/c1-10(9(11)12)7-4-3-5-8(6-7)13-2/h3-6H,1-2H3,(H,11,12). The molecule has 0 unspecified atom stereocenters. The average Bonchev–Trinajstić information content (AvgIpc) is 2.16. The molecule has 1 amide bonds. The number of thioether (sulfide) groups is 1. The van der Waals surface area contributed by atoms with Crippen LogP contribution in [-0.4, -0.2) is 24.5 Å². The van der Waals surface area contributed by atoms with Crippen LogP contribution in [0.3, 0.4) is 0 Å². The van der Waals surface area contributed by atoms with E-state index < -0.39 is 6.09 Å². The predicted octanol–water partition coefficient (Wildman–Crippen LogP) is 2.52. The average molecular weight is 197 g/mol. The lowest BCUT2D eigenvalue weighted by atomic mass is 10.3. The van der Waals surface area contributed by atoms with Gasteiger partial charge in [-0.3, -0.25) is 4.90 Å². The molecule has 0 spiro atoms. The minimum Gasteiger partial charge on any atom is -0.465 e. The zero-order chi connectivity index (χ0) is 9.84. The Morgan fingerprint density at radius 1 is 1.54 bits per heavy atom. The second-order valence-corrected chi connectivity index (χ2v) is 3.42. The molecule has 0 aliphatic rings. The molecule has 0 aromatic heterocycles. The summed E-state index contributed by atoms with van der Waals surface area (Å²) in [7, 11) is 1.53. The van der Waals surface area contributed by atoms with Crippen LogP contribution in [0.2, 0.25) is 0 Å². The van der Waals surface area contributed by atoms with Gasteiger partial charge in [0, 0.05) is 17.6 Å². The van der Waals surface area contributed by atoms with Gasteiger partial charge < -0.3 is 5.11 Å². The number of carboxylic acid groups (broad SMARTS) is 1. The van der Waals surface area contributed by atoms with Gasteiger partial charge in [0.15, 0.2) is 0 Å². The maximum atomic E-state index is 10.6. The molecule has 0 aliphatic carbocycles. The summed E-state index contributed by atoms with van der Waals surface area (Å²) in [6, 6.07) is 7.41. The van der Waals surface area contributed by atoms with Gasteiger partial charge in [0.05, 0.1) is 0 Å². The van der Waals surface area contributed by atoms with Crippen molar-refractivity contribution in [2.45, 2.75) is 4.90 Å². The molecule has 1 N–H and O–H groups in total. The topological polar surface area (TPSA) is 40.5 Å². The van der Waals surface area contributed by atoms with Gasteiger partial charge in [-0.2, -0.15) is 0 Å². The summed E-state index contributed by atoms with van der Waals surface area (Å²) in [5.74, 6) is 0. The quantitative estimate of drug-likeness (QED) is 0.740. The van der Waals surface area contributed by atoms with Gasteiger partial charge in [-0.15, -0.1) is 11.8 Å². The molecular formula is C9H11NO2S. The second kappa shape index (κ2) is 4.18. The molecule has 0 atom stereocenters. The maximum Gasteiger partial charge on any atom is 0.411 e. The third kappa shape index (κ3) is 2.39. The molecular weight excluding hydrogens is 186 g/mol. The van der Waals surface area contributed by atoms with E-state index in [1.165, 1.54) is 11.9 Å². The first-order chi connectivity index (χ1) is 6.15. The fourth-order valence-corrected chi connectivity index (χ4v) is 1.38. The van der Waals surface area contributed by atoms with E-state index in [4.69, 9.17) is 5.11 Å². The highest BCUT2D eigenvalue weighted by Gasteiger charge is 2.07. The van der Waals surface area contributed by atoms with E-state index in [1.54, 1.807) is 17.8 Å². The Morgan fingerprint density at radius 3 is 2.77 bits per heavy atom. The number of benzene rings is 1. The summed E-state index contributed by atoms with van der Waals surface area (Å²) in [5, 5.41) is 8.72. The van der Waals surface area contributed by atoms with Gasteiger partial charge in [-0.25, -0.2) is 4.79 Å². The lowest BCUT2D eigenvalue weighted by Crippen LogP contribution is -2.23. The lowest BCUT2D eigenvalue weighted by molar-refractivity contribution is 0.203. The Kier molecular flexibility index (Phi) is 3.19. The van der Waals surface area contributed by atoms with Gasteiger partial charge in [0.2, 0.25) is 0 Å². The Labute approximate surface area is 81.4 Å². The van der Waals surface area contributed by atoms with Crippen molar-refractivity contribution in [1.29, 1.82) is 0 Å². The van der Waals surface area contributed by atoms with Gasteiger partial charge in [-0.1, -0.05) is 6.07 Å². The number of rotatable bonds is 2. The van der Waals surface area contributed by atoms with Crippen molar-refractivity contribution in [1.82, 2.24) is 0 Å². The molecule has 4 heteroatoms. The number of nitrogens with zero attached hydrogens (tertiary/aromatic N) is 1. The third-order valence-corrected chi connectivity index (χ3v) is 2.45. The van der Waals surface area contributed by atoms with Crippen molar-refractivity contribution in [2.24, 2.45) is 0 Å². The molecule has 1 aromatic carbocycles. The first-order valence-corrected chi connectivity index (χ1v) is 4.98. The Balaban J connectivity index is 2.94. The van der Waals surface area contributed by atoms with Gasteiger partial charge in [0.25, 0.3) is 0 Å². The van der Waals surface area contributed by atoms with Crippen molar-refractivity contribution in [2.75, 3.05) is 18.2 Å². The van der Waals surface area contributed by atoms with E-state index in [9.17, 15) is 4.79 Å². The van der Waals surface area contributed by atoms with Crippen LogP contribution in [0.1, 0.15) is 0 Å². The largest absolute Gasteiger partial charge is 0.465 e. The molecule has 13 heavy (non-hydrogen) atoms. The predicted molar refractivity (Wildman–Crippen MR) is 54.7 cm³/mol. The van der Waals surface area contributed by atoms with Crippen molar-refractivity contribution in [3.8, 4) is 0 Å². The second-order valence-electron chi connectivity index (χ2n) is 2.54. The van der Waals surface area contributed by atoms with Gasteiger partial charge in [-0.05, 0) is 24.5 Å². The number of carbonyl (C=O) groups is 1. The van der Waals surface area contributed by atoms with Crippen molar-refractivity contribution in [3.63, 3.8) is 0 Å². The van der Waals surface area contributed by atoms with Crippen LogP contribution in [0.25, 0.3) is 0 Å². The van der Waals surface area contributed by atoms with Gasteiger partial charge in [0.1, 0.15) is 0 Å². The number of anilines is 1. The Hall–Kier alpha value is -1.16. The minimum absolute atomic E-state index is 0.694. The SMILES string of the molecule is CSc1cccc(N(C)C(=O)O)c1. The number of hydrogen-bond donors (Lipinski definition) is 1. The van der Waals surface area contributed by atoms with E-state index in [0.29, 0.717) is 5.69 Å². The third-order valence-electron chi connectivity index (χ3n) is 1.73. The molecule has 3 nitrogen and oxygen atoms in total. The zero-order valence-corrected chi connectivity index (χ0v) is 8.34. The highest BCUT2D eigenvalue weighted by Crippen LogP contribution is 2.21. The molecule has 0 bridgehead atoms. The fourth-order valence-electron chi connectivity index (χ4n) is 0.930. The normalized spacial score (nSPS) is 9.69. The summed E-state index contributed by atoms with van der Waals surface area (Å²) >= 11 is 1.59. The fraction of sp³-hybridized carbons (Fsp3) is 0.222. The van der Waals surface area contributed by atoms with E-state index in [-0.39, 0.29) is 0 Å². The molecule has 1 aromatic rings. The minimum atomic E-state index is -0.946. The van der Waals surface area contributed by atoms with E-state index >= 15 is 0 Å². The summed E-state index contributed by atoms with van der Waals surface area (Å²) in [4.78, 5) is 12.9. The molecule has 0 saturated carbocycles. The van der Waals surface area contributed by atoms with Crippen LogP contribution in [0.15, 0.2) is 29.2 Å². The smallest absolute Gasteiger partial charge is 0.411 e. The lowest BCUT2D eigenvalue weighted by Gasteiger charge is -2.13. The highest BCUT2D eigenvalue weighted by molar-refractivity contribution is 7.98. The van der Waals surface area contributed by atoms with Crippen LogP contribution in [0.4, 0.5) is 10.5 Å². The molecule has 0 radical (unpaired) electrons. The molecule has 0 fully saturated rings. The van der Waals surface area contributed by atoms with Crippen molar-refractivity contribution >= 4 is 23.5 Å². The maximum absolute atomic E-state index is 10.6. The van der Waals surface area contributed by atoms with Crippen LogP contribution in [-0.2, 0) is 0 Å². The molecule has 0 saturated heterocycles. The first kappa shape index (κ1) is 9.92. The zero-order valence-electron chi connectivity index (χ0n) is 7.52. The van der Waals surface area contributed by atoms with Crippen LogP contribution in [0, 0.1) is 0 Å². The van der Waals surface area contributed by atoms with Crippen LogP contribution < -0.4 is 4.90 Å². The molecule has 0 heterocycles. The van der Waals surface area contributed by atoms with Crippen LogP contribution in [0.5, 0.6) is 0 Å². The van der Waals surface area contributed by atoms with Crippen LogP contribution >= 0.6 is 11.8 Å². The first-order valence-electron chi connectivity index (χ1n) is 3.76. The number of hydrogen-bond acceptors (Lipinski definition) is 2. The van der Waals surface area contributed by atoms with Crippen molar-refractivity contribution < 1.29 is 9.90 Å². The summed E-state index contributed by atoms with van der Waals surface area (Å²) in [6.45, 7) is 0. The monoisotopic (exact) mass is 197 g/mol. The van der Waals surface area contributed by atoms with Crippen molar-refractivity contribution in [3.05, 3.63) is 24.3 Å². The number of amides is 1.